The lowest BCUT2D eigenvalue weighted by atomic mass is 10.2. The standard InChI is InChI=1S/C14H12Cl2N2O2/c1-8-3-6-13(20-8)9(2)17-18-14(19)11-5-4-10(15)7-12(11)16/h3-7H,1-2H3,(H,18,19)/b17-9+. The number of nitrogens with zero attached hydrogens (tertiary/aromatic N) is 1. The summed E-state index contributed by atoms with van der Waals surface area (Å²) in [6, 6.07) is 8.25. The normalized spacial score (nSPS) is 11.5. The third-order valence-corrected chi connectivity index (χ3v) is 3.15. The van der Waals surface area contributed by atoms with Crippen molar-refractivity contribution in [2.24, 2.45) is 5.10 Å². The van der Waals surface area contributed by atoms with Gasteiger partial charge < -0.3 is 4.42 Å². The lowest BCUT2D eigenvalue weighted by molar-refractivity contribution is 0.0955. The first-order valence-electron chi connectivity index (χ1n) is 5.84. The lowest BCUT2D eigenvalue weighted by Crippen LogP contribution is -2.19. The first-order chi connectivity index (χ1) is 9.47. The molecule has 0 bridgehead atoms. The third-order valence-electron chi connectivity index (χ3n) is 2.60. The number of furan rings is 1. The summed E-state index contributed by atoms with van der Waals surface area (Å²) in [4.78, 5) is 11.9. The number of benzene rings is 1. The zero-order valence-corrected chi connectivity index (χ0v) is 12.4. The van der Waals surface area contributed by atoms with Gasteiger partial charge >= 0.3 is 0 Å². The molecule has 0 fully saturated rings. The lowest BCUT2D eigenvalue weighted by Gasteiger charge is -2.03. The van der Waals surface area contributed by atoms with Crippen LogP contribution in [0, 0.1) is 6.92 Å². The topological polar surface area (TPSA) is 54.6 Å². The van der Waals surface area contributed by atoms with Crippen LogP contribution in [0.4, 0.5) is 0 Å². The summed E-state index contributed by atoms with van der Waals surface area (Å²) in [6.07, 6.45) is 0. The highest BCUT2D eigenvalue weighted by atomic mass is 35.5. The predicted octanol–water partition coefficient (Wildman–Crippen LogP) is 4.05. The second-order valence-electron chi connectivity index (χ2n) is 4.17. The Kier molecular flexibility index (Phi) is 4.47. The Morgan fingerprint density at radius 2 is 2.00 bits per heavy atom. The largest absolute Gasteiger partial charge is 0.460 e. The van der Waals surface area contributed by atoms with Crippen molar-refractivity contribution >= 4 is 34.8 Å². The number of amides is 1. The summed E-state index contributed by atoms with van der Waals surface area (Å²) < 4.78 is 5.40. The Labute approximate surface area is 126 Å². The molecule has 2 rings (SSSR count). The van der Waals surface area contributed by atoms with Crippen LogP contribution < -0.4 is 5.43 Å². The number of rotatable bonds is 3. The summed E-state index contributed by atoms with van der Waals surface area (Å²) in [5.41, 5.74) is 3.30. The van der Waals surface area contributed by atoms with Crippen LogP contribution in [-0.2, 0) is 0 Å². The van der Waals surface area contributed by atoms with Crippen molar-refractivity contribution in [3.63, 3.8) is 0 Å². The van der Waals surface area contributed by atoms with Crippen LogP contribution in [0.1, 0.15) is 28.8 Å². The molecular formula is C14H12Cl2N2O2. The monoisotopic (exact) mass is 310 g/mol. The molecule has 0 radical (unpaired) electrons. The van der Waals surface area contributed by atoms with Crippen LogP contribution >= 0.6 is 23.2 Å². The SMILES string of the molecule is C/C(=N\NC(=O)c1ccc(Cl)cc1Cl)c1ccc(C)o1. The molecule has 0 aliphatic carbocycles. The van der Waals surface area contributed by atoms with Crippen molar-refractivity contribution in [1.29, 1.82) is 0 Å². The zero-order valence-electron chi connectivity index (χ0n) is 10.9. The van der Waals surface area contributed by atoms with Gasteiger partial charge in [-0.05, 0) is 44.2 Å². The molecule has 1 aromatic carbocycles. The number of hydrogen-bond donors (Lipinski definition) is 1. The number of hydrazone groups is 1. The van der Waals surface area contributed by atoms with Crippen molar-refractivity contribution in [1.82, 2.24) is 5.43 Å². The number of nitrogens with one attached hydrogen (secondary N) is 1. The molecule has 1 N–H and O–H groups in total. The van der Waals surface area contributed by atoms with Gasteiger partial charge in [-0.2, -0.15) is 5.10 Å². The maximum Gasteiger partial charge on any atom is 0.272 e. The summed E-state index contributed by atoms with van der Waals surface area (Å²) in [5.74, 6) is 0.973. The summed E-state index contributed by atoms with van der Waals surface area (Å²) in [5, 5.41) is 4.72. The van der Waals surface area contributed by atoms with Crippen molar-refractivity contribution in [3.05, 3.63) is 57.5 Å². The van der Waals surface area contributed by atoms with E-state index >= 15 is 0 Å². The molecule has 0 aliphatic rings. The molecule has 6 heteroatoms. The van der Waals surface area contributed by atoms with E-state index in [2.05, 4.69) is 10.5 Å². The average molecular weight is 311 g/mol. The first kappa shape index (κ1) is 14.6. The van der Waals surface area contributed by atoms with E-state index in [1.165, 1.54) is 6.07 Å². The van der Waals surface area contributed by atoms with E-state index in [1.54, 1.807) is 25.1 Å². The molecule has 2 aromatic rings. The van der Waals surface area contributed by atoms with Crippen LogP contribution in [0.25, 0.3) is 0 Å². The highest BCUT2D eigenvalue weighted by molar-refractivity contribution is 6.36. The first-order valence-corrected chi connectivity index (χ1v) is 6.59. The van der Waals surface area contributed by atoms with E-state index in [1.807, 2.05) is 13.0 Å². The van der Waals surface area contributed by atoms with Gasteiger partial charge in [0.05, 0.1) is 10.6 Å². The van der Waals surface area contributed by atoms with E-state index in [0.717, 1.165) is 5.76 Å². The van der Waals surface area contributed by atoms with Gasteiger partial charge in [0.1, 0.15) is 17.2 Å². The second kappa shape index (κ2) is 6.11. The molecule has 0 atom stereocenters. The third kappa shape index (κ3) is 3.40. The fourth-order valence-electron chi connectivity index (χ4n) is 1.55. The van der Waals surface area contributed by atoms with Crippen molar-refractivity contribution < 1.29 is 9.21 Å². The number of carbonyl (C=O) groups is 1. The molecule has 0 saturated heterocycles. The number of carbonyl (C=O) groups excluding carboxylic acids is 1. The maximum atomic E-state index is 11.9. The molecule has 4 nitrogen and oxygen atoms in total. The number of hydrogen-bond acceptors (Lipinski definition) is 3. The van der Waals surface area contributed by atoms with Crippen LogP contribution in [0.5, 0.6) is 0 Å². The fraction of sp³-hybridized carbons (Fsp3) is 0.143. The van der Waals surface area contributed by atoms with Crippen LogP contribution in [0.15, 0.2) is 39.9 Å². The van der Waals surface area contributed by atoms with E-state index in [9.17, 15) is 4.79 Å². The van der Waals surface area contributed by atoms with Crippen molar-refractivity contribution in [2.45, 2.75) is 13.8 Å². The van der Waals surface area contributed by atoms with Crippen LogP contribution in [0.2, 0.25) is 10.0 Å². The number of aryl methyl sites for hydroxylation is 1. The van der Waals surface area contributed by atoms with Crippen molar-refractivity contribution in [3.8, 4) is 0 Å². The smallest absolute Gasteiger partial charge is 0.272 e. The van der Waals surface area contributed by atoms with Gasteiger partial charge in [0.15, 0.2) is 0 Å². The van der Waals surface area contributed by atoms with E-state index < -0.39 is 5.91 Å². The van der Waals surface area contributed by atoms with Gasteiger partial charge in [-0.15, -0.1) is 0 Å². The van der Waals surface area contributed by atoms with E-state index in [-0.39, 0.29) is 5.02 Å². The van der Waals surface area contributed by atoms with Crippen LogP contribution in [0.3, 0.4) is 0 Å². The molecule has 0 aliphatic heterocycles. The van der Waals surface area contributed by atoms with Gasteiger partial charge in [0.25, 0.3) is 5.91 Å². The minimum atomic E-state index is -0.408. The Hall–Kier alpha value is -1.78. The Morgan fingerprint density at radius 3 is 2.60 bits per heavy atom. The van der Waals surface area contributed by atoms with Gasteiger partial charge in [-0.25, -0.2) is 5.43 Å². The Bertz CT molecular complexity index is 678. The highest BCUT2D eigenvalue weighted by Gasteiger charge is 2.10. The number of halogens is 2. The quantitative estimate of drug-likeness (QED) is 0.687. The van der Waals surface area contributed by atoms with Crippen molar-refractivity contribution in [2.75, 3.05) is 0 Å². The molecule has 0 spiro atoms. The van der Waals surface area contributed by atoms with E-state index in [0.29, 0.717) is 22.1 Å². The molecule has 20 heavy (non-hydrogen) atoms. The molecule has 1 amide bonds. The molecule has 0 unspecified atom stereocenters. The summed E-state index contributed by atoms with van der Waals surface area (Å²) in [6.45, 7) is 3.57. The van der Waals surface area contributed by atoms with Crippen LogP contribution in [-0.4, -0.2) is 11.6 Å². The van der Waals surface area contributed by atoms with Gasteiger partial charge in [0.2, 0.25) is 0 Å². The predicted molar refractivity (Wildman–Crippen MR) is 79.6 cm³/mol. The average Bonchev–Trinajstić information content (AvgIpc) is 2.82. The Morgan fingerprint density at radius 1 is 1.25 bits per heavy atom. The van der Waals surface area contributed by atoms with Gasteiger partial charge in [-0.1, -0.05) is 23.2 Å². The molecule has 104 valence electrons. The van der Waals surface area contributed by atoms with Gasteiger partial charge in [-0.3, -0.25) is 4.79 Å². The Balaban J connectivity index is 2.12. The molecule has 0 saturated carbocycles. The molecule has 1 heterocycles. The fourth-order valence-corrected chi connectivity index (χ4v) is 2.05. The molecular weight excluding hydrogens is 299 g/mol. The summed E-state index contributed by atoms with van der Waals surface area (Å²) >= 11 is 11.7. The summed E-state index contributed by atoms with van der Waals surface area (Å²) in [7, 11) is 0. The van der Waals surface area contributed by atoms with Gasteiger partial charge in [0, 0.05) is 5.02 Å². The van der Waals surface area contributed by atoms with E-state index in [4.69, 9.17) is 27.6 Å². The molecule has 1 aromatic heterocycles. The minimum absolute atomic E-state index is 0.275. The minimum Gasteiger partial charge on any atom is -0.460 e. The second-order valence-corrected chi connectivity index (χ2v) is 5.02. The maximum absolute atomic E-state index is 11.9. The highest BCUT2D eigenvalue weighted by Crippen LogP contribution is 2.20. The zero-order chi connectivity index (χ0) is 14.7.